The first-order valence-corrected chi connectivity index (χ1v) is 9.28. The number of hydrogen-bond acceptors (Lipinski definition) is 3. The average molecular weight is 346 g/mol. The minimum absolute atomic E-state index is 0.0104. The maximum absolute atomic E-state index is 12.0. The summed E-state index contributed by atoms with van der Waals surface area (Å²) in [4.78, 5) is 25.5. The standard InChI is InChI=1S/C20H30N2O3/c1-15(2)6-4-7-16(3)21-19(23)14-25-18-11-9-17(10-12-18)22-13-5-8-20(22)24/h9-12,15-16H,4-8,13-14H2,1-3H3,(H,21,23)/t16-/m0/s1. The van der Waals surface area contributed by atoms with Gasteiger partial charge in [0.2, 0.25) is 5.91 Å². The predicted molar refractivity (Wildman–Crippen MR) is 99.8 cm³/mol. The third-order valence-electron chi connectivity index (χ3n) is 4.42. The molecule has 0 aromatic heterocycles. The lowest BCUT2D eigenvalue weighted by molar-refractivity contribution is -0.123. The Morgan fingerprint density at radius 2 is 1.92 bits per heavy atom. The molecular weight excluding hydrogens is 316 g/mol. The van der Waals surface area contributed by atoms with Gasteiger partial charge in [-0.1, -0.05) is 26.7 Å². The van der Waals surface area contributed by atoms with E-state index in [1.807, 2.05) is 19.1 Å². The third kappa shape index (κ3) is 6.40. The second-order valence-corrected chi connectivity index (χ2v) is 7.22. The highest BCUT2D eigenvalue weighted by Crippen LogP contribution is 2.23. The van der Waals surface area contributed by atoms with Crippen LogP contribution in [0.15, 0.2) is 24.3 Å². The van der Waals surface area contributed by atoms with Gasteiger partial charge in [-0.3, -0.25) is 9.59 Å². The van der Waals surface area contributed by atoms with E-state index in [4.69, 9.17) is 4.74 Å². The van der Waals surface area contributed by atoms with Crippen molar-refractivity contribution in [2.24, 2.45) is 5.92 Å². The summed E-state index contributed by atoms with van der Waals surface area (Å²) in [5.74, 6) is 1.40. The van der Waals surface area contributed by atoms with E-state index >= 15 is 0 Å². The molecule has 0 radical (unpaired) electrons. The molecule has 1 aliphatic heterocycles. The second-order valence-electron chi connectivity index (χ2n) is 7.22. The molecule has 0 saturated carbocycles. The molecule has 1 heterocycles. The molecule has 2 rings (SSSR count). The van der Waals surface area contributed by atoms with E-state index in [1.165, 1.54) is 6.42 Å². The van der Waals surface area contributed by atoms with Crippen molar-refractivity contribution in [2.75, 3.05) is 18.1 Å². The van der Waals surface area contributed by atoms with E-state index in [9.17, 15) is 9.59 Å². The van der Waals surface area contributed by atoms with Gasteiger partial charge in [-0.15, -0.1) is 0 Å². The molecule has 0 bridgehead atoms. The van der Waals surface area contributed by atoms with Gasteiger partial charge in [0.25, 0.3) is 5.91 Å². The van der Waals surface area contributed by atoms with Gasteiger partial charge >= 0.3 is 0 Å². The lowest BCUT2D eigenvalue weighted by Crippen LogP contribution is -2.36. The topological polar surface area (TPSA) is 58.6 Å². The first kappa shape index (κ1) is 19.3. The van der Waals surface area contributed by atoms with Crippen molar-refractivity contribution in [3.63, 3.8) is 0 Å². The maximum Gasteiger partial charge on any atom is 0.258 e. The van der Waals surface area contributed by atoms with Gasteiger partial charge < -0.3 is 15.0 Å². The average Bonchev–Trinajstić information content (AvgIpc) is 2.99. The van der Waals surface area contributed by atoms with E-state index in [1.54, 1.807) is 17.0 Å². The summed E-state index contributed by atoms with van der Waals surface area (Å²) in [5.41, 5.74) is 0.887. The monoisotopic (exact) mass is 346 g/mol. The van der Waals surface area contributed by atoms with Gasteiger partial charge in [-0.2, -0.15) is 0 Å². The Hall–Kier alpha value is -2.04. The molecule has 1 saturated heterocycles. The Labute approximate surface area is 150 Å². The number of anilines is 1. The Balaban J connectivity index is 1.71. The predicted octanol–water partition coefficient (Wildman–Crippen LogP) is 3.52. The van der Waals surface area contributed by atoms with Crippen LogP contribution >= 0.6 is 0 Å². The van der Waals surface area contributed by atoms with Crippen molar-refractivity contribution in [1.82, 2.24) is 5.32 Å². The van der Waals surface area contributed by atoms with Crippen LogP contribution in [0.4, 0.5) is 5.69 Å². The van der Waals surface area contributed by atoms with E-state index in [-0.39, 0.29) is 24.5 Å². The number of carbonyl (C=O) groups is 2. The SMILES string of the molecule is CC(C)CCC[C@H](C)NC(=O)COc1ccc(N2CCCC2=O)cc1. The summed E-state index contributed by atoms with van der Waals surface area (Å²) in [6.07, 6.45) is 4.82. The molecule has 0 spiro atoms. The second kappa shape index (κ2) is 9.44. The van der Waals surface area contributed by atoms with Gasteiger partial charge in [0.15, 0.2) is 6.61 Å². The highest BCUT2D eigenvalue weighted by Gasteiger charge is 2.21. The molecular formula is C20H30N2O3. The summed E-state index contributed by atoms with van der Waals surface area (Å²) < 4.78 is 5.54. The fourth-order valence-corrected chi connectivity index (χ4v) is 3.01. The molecule has 1 N–H and O–H groups in total. The number of nitrogens with one attached hydrogen (secondary N) is 1. The molecule has 2 amide bonds. The number of hydrogen-bond donors (Lipinski definition) is 1. The van der Waals surface area contributed by atoms with Crippen molar-refractivity contribution in [2.45, 2.75) is 58.9 Å². The fourth-order valence-electron chi connectivity index (χ4n) is 3.01. The fraction of sp³-hybridized carbons (Fsp3) is 0.600. The van der Waals surface area contributed by atoms with Crippen LogP contribution in [-0.4, -0.2) is 31.0 Å². The van der Waals surface area contributed by atoms with Crippen molar-refractivity contribution in [3.05, 3.63) is 24.3 Å². The zero-order valence-corrected chi connectivity index (χ0v) is 15.6. The molecule has 0 unspecified atom stereocenters. The van der Waals surface area contributed by atoms with Crippen LogP contribution in [0.1, 0.15) is 52.9 Å². The number of ether oxygens (including phenoxy) is 1. The number of carbonyl (C=O) groups excluding carboxylic acids is 2. The van der Waals surface area contributed by atoms with E-state index in [0.29, 0.717) is 18.1 Å². The Bertz CT molecular complexity index is 569. The van der Waals surface area contributed by atoms with Gasteiger partial charge in [0, 0.05) is 24.7 Å². The van der Waals surface area contributed by atoms with Gasteiger partial charge in [0.1, 0.15) is 5.75 Å². The zero-order valence-electron chi connectivity index (χ0n) is 15.6. The summed E-state index contributed by atoms with van der Waals surface area (Å²) in [6, 6.07) is 7.51. The van der Waals surface area contributed by atoms with Gasteiger partial charge in [0.05, 0.1) is 0 Å². The molecule has 25 heavy (non-hydrogen) atoms. The molecule has 1 fully saturated rings. The maximum atomic E-state index is 12.0. The van der Waals surface area contributed by atoms with Gasteiger partial charge in [-0.25, -0.2) is 0 Å². The number of benzene rings is 1. The van der Waals surface area contributed by atoms with Crippen LogP contribution in [0, 0.1) is 5.92 Å². The molecule has 1 aliphatic rings. The highest BCUT2D eigenvalue weighted by atomic mass is 16.5. The number of rotatable bonds is 9. The van der Waals surface area contributed by atoms with Crippen LogP contribution < -0.4 is 15.0 Å². The first-order chi connectivity index (χ1) is 12.0. The summed E-state index contributed by atoms with van der Waals surface area (Å²) in [6.45, 7) is 7.23. The molecule has 5 nitrogen and oxygen atoms in total. The lowest BCUT2D eigenvalue weighted by atomic mass is 10.0. The highest BCUT2D eigenvalue weighted by molar-refractivity contribution is 5.95. The molecule has 0 aliphatic carbocycles. The molecule has 5 heteroatoms. The van der Waals surface area contributed by atoms with Crippen molar-refractivity contribution in [3.8, 4) is 5.75 Å². The Kier molecular flexibility index (Phi) is 7.29. The lowest BCUT2D eigenvalue weighted by Gasteiger charge is -2.17. The van der Waals surface area contributed by atoms with Crippen LogP contribution in [-0.2, 0) is 9.59 Å². The van der Waals surface area contributed by atoms with Crippen molar-refractivity contribution >= 4 is 17.5 Å². The Morgan fingerprint density at radius 3 is 2.52 bits per heavy atom. The van der Waals surface area contributed by atoms with E-state index in [2.05, 4.69) is 19.2 Å². The zero-order chi connectivity index (χ0) is 18.2. The number of nitrogens with zero attached hydrogens (tertiary/aromatic N) is 1. The Morgan fingerprint density at radius 1 is 1.20 bits per heavy atom. The quantitative estimate of drug-likeness (QED) is 0.744. The molecule has 138 valence electrons. The third-order valence-corrected chi connectivity index (χ3v) is 4.42. The largest absolute Gasteiger partial charge is 0.484 e. The minimum Gasteiger partial charge on any atom is -0.484 e. The van der Waals surface area contributed by atoms with Crippen molar-refractivity contribution < 1.29 is 14.3 Å². The first-order valence-electron chi connectivity index (χ1n) is 9.28. The summed E-state index contributed by atoms with van der Waals surface area (Å²) in [7, 11) is 0. The van der Waals surface area contributed by atoms with E-state index < -0.39 is 0 Å². The smallest absolute Gasteiger partial charge is 0.258 e. The summed E-state index contributed by atoms with van der Waals surface area (Å²) >= 11 is 0. The molecule has 1 atom stereocenters. The summed E-state index contributed by atoms with van der Waals surface area (Å²) in [5, 5.41) is 2.97. The van der Waals surface area contributed by atoms with Crippen LogP contribution in [0.25, 0.3) is 0 Å². The van der Waals surface area contributed by atoms with Crippen LogP contribution in [0.2, 0.25) is 0 Å². The van der Waals surface area contributed by atoms with Crippen molar-refractivity contribution in [1.29, 1.82) is 0 Å². The molecule has 1 aromatic rings. The van der Waals surface area contributed by atoms with Crippen LogP contribution in [0.3, 0.4) is 0 Å². The molecule has 1 aromatic carbocycles. The van der Waals surface area contributed by atoms with Crippen LogP contribution in [0.5, 0.6) is 5.75 Å². The number of amides is 2. The minimum atomic E-state index is -0.101. The van der Waals surface area contributed by atoms with E-state index in [0.717, 1.165) is 31.5 Å². The van der Waals surface area contributed by atoms with Gasteiger partial charge in [-0.05, 0) is 49.9 Å². The normalized spacial score (nSPS) is 15.5.